The van der Waals surface area contributed by atoms with E-state index in [0.717, 1.165) is 16.9 Å². The Kier molecular flexibility index (Phi) is 10.2. The molecule has 0 aliphatic rings. The fraction of sp³-hybridized carbons (Fsp3) is 0.500. The zero-order valence-corrected chi connectivity index (χ0v) is 12.1. The van der Waals surface area contributed by atoms with Crippen LogP contribution in [0.25, 0.3) is 0 Å². The largest absolute Gasteiger partial charge is 0.496 e. The number of rotatable bonds is 2. The molecule has 0 saturated heterocycles. The van der Waals surface area contributed by atoms with E-state index >= 15 is 0 Å². The van der Waals surface area contributed by atoms with Gasteiger partial charge >= 0.3 is 0 Å². The van der Waals surface area contributed by atoms with Gasteiger partial charge in [0.2, 0.25) is 0 Å². The van der Waals surface area contributed by atoms with Gasteiger partial charge in [-0.1, -0.05) is 27.7 Å². The first kappa shape index (κ1) is 17.9. The fourth-order valence-electron chi connectivity index (χ4n) is 1.26. The molecule has 0 amide bonds. The summed E-state index contributed by atoms with van der Waals surface area (Å²) in [5.74, 6) is 0.774. The summed E-state index contributed by atoms with van der Waals surface area (Å²) >= 11 is 0. The first-order chi connectivity index (χ1) is 8.06. The maximum Gasteiger partial charge on any atom is 0.122 e. The number of nitrogen functional groups attached to an aromatic ring is 1. The molecule has 0 radical (unpaired) electrons. The van der Waals surface area contributed by atoms with Gasteiger partial charge in [-0.15, -0.1) is 0 Å². The molecule has 1 aromatic rings. The number of aryl methyl sites for hydroxylation is 1. The van der Waals surface area contributed by atoms with Crippen LogP contribution in [0.5, 0.6) is 5.75 Å². The predicted octanol–water partition coefficient (Wildman–Crippen LogP) is 4.03. The fourth-order valence-corrected chi connectivity index (χ4v) is 1.26. The molecule has 3 N–H and O–H groups in total. The number of hydrogen-bond acceptors (Lipinski definition) is 3. The zero-order valence-electron chi connectivity index (χ0n) is 12.1. The van der Waals surface area contributed by atoms with Gasteiger partial charge < -0.3 is 15.9 Å². The predicted molar refractivity (Wildman–Crippen MR) is 77.3 cm³/mol. The summed E-state index contributed by atoms with van der Waals surface area (Å²) in [7, 11) is 1.61. The number of nitrogens with two attached hydrogens (primary N) is 1. The Hall–Kier alpha value is -1.51. The van der Waals surface area contributed by atoms with E-state index in [1.807, 2.05) is 40.7 Å². The number of ether oxygens (including phenoxy) is 1. The smallest absolute Gasteiger partial charge is 0.122 e. The SMILES string of the molecule is CC.CC.COc1cc(C(C)=N)c(N)cc1C. The molecule has 0 aliphatic carbocycles. The number of hydrogen-bond donors (Lipinski definition) is 2. The molecule has 0 aromatic heterocycles. The van der Waals surface area contributed by atoms with Crippen molar-refractivity contribution in [2.45, 2.75) is 41.5 Å². The number of benzene rings is 1. The Morgan fingerprint density at radius 2 is 1.65 bits per heavy atom. The van der Waals surface area contributed by atoms with Gasteiger partial charge in [0.15, 0.2) is 0 Å². The molecule has 3 heteroatoms. The highest BCUT2D eigenvalue weighted by Crippen LogP contribution is 2.24. The molecule has 0 saturated carbocycles. The van der Waals surface area contributed by atoms with Gasteiger partial charge in [0.1, 0.15) is 5.75 Å². The summed E-state index contributed by atoms with van der Waals surface area (Å²) in [6.07, 6.45) is 0. The van der Waals surface area contributed by atoms with Crippen LogP contribution >= 0.6 is 0 Å². The van der Waals surface area contributed by atoms with Gasteiger partial charge in [-0.3, -0.25) is 0 Å². The van der Waals surface area contributed by atoms with Gasteiger partial charge in [0, 0.05) is 17.0 Å². The van der Waals surface area contributed by atoms with Crippen LogP contribution in [-0.4, -0.2) is 12.8 Å². The van der Waals surface area contributed by atoms with Gasteiger partial charge in [-0.25, -0.2) is 0 Å². The second kappa shape index (κ2) is 9.70. The summed E-state index contributed by atoms with van der Waals surface area (Å²) in [5, 5.41) is 7.48. The molecule has 0 spiro atoms. The quantitative estimate of drug-likeness (QED) is 0.603. The lowest BCUT2D eigenvalue weighted by molar-refractivity contribution is 0.411. The average Bonchev–Trinajstić information content (AvgIpc) is 2.34. The monoisotopic (exact) mass is 238 g/mol. The van der Waals surface area contributed by atoms with Crippen LogP contribution in [0.1, 0.15) is 45.7 Å². The Balaban J connectivity index is 0. The van der Waals surface area contributed by atoms with Crippen LogP contribution in [0.2, 0.25) is 0 Å². The van der Waals surface area contributed by atoms with Crippen molar-refractivity contribution in [3.8, 4) is 5.75 Å². The van der Waals surface area contributed by atoms with E-state index < -0.39 is 0 Å². The Bertz CT molecular complexity index is 346. The first-order valence-electron chi connectivity index (χ1n) is 6.06. The van der Waals surface area contributed by atoms with Crippen molar-refractivity contribution in [2.75, 3.05) is 12.8 Å². The van der Waals surface area contributed by atoms with Crippen molar-refractivity contribution in [1.29, 1.82) is 5.41 Å². The summed E-state index contributed by atoms with van der Waals surface area (Å²) < 4.78 is 5.14. The third-order valence-corrected chi connectivity index (χ3v) is 1.97. The van der Waals surface area contributed by atoms with E-state index in [2.05, 4.69) is 0 Å². The molecule has 98 valence electrons. The maximum atomic E-state index is 7.48. The second-order valence-electron chi connectivity index (χ2n) is 3.03. The lowest BCUT2D eigenvalue weighted by Crippen LogP contribution is -2.01. The Morgan fingerprint density at radius 3 is 2.00 bits per heavy atom. The van der Waals surface area contributed by atoms with Crippen molar-refractivity contribution in [3.05, 3.63) is 23.3 Å². The molecule has 0 atom stereocenters. The van der Waals surface area contributed by atoms with Gasteiger partial charge in [0.05, 0.1) is 7.11 Å². The lowest BCUT2D eigenvalue weighted by atomic mass is 10.1. The normalized spacial score (nSPS) is 8.18. The molecule has 0 bridgehead atoms. The summed E-state index contributed by atoms with van der Waals surface area (Å²) in [5.41, 5.74) is 8.56. The van der Waals surface area contributed by atoms with Gasteiger partial charge in [0.25, 0.3) is 0 Å². The van der Waals surface area contributed by atoms with E-state index in [4.69, 9.17) is 15.9 Å². The molecule has 0 fully saturated rings. The molecule has 1 rings (SSSR count). The Morgan fingerprint density at radius 1 is 1.18 bits per heavy atom. The summed E-state index contributed by atoms with van der Waals surface area (Å²) in [6, 6.07) is 3.62. The van der Waals surface area contributed by atoms with Crippen LogP contribution in [0, 0.1) is 12.3 Å². The van der Waals surface area contributed by atoms with Gasteiger partial charge in [-0.05, 0) is 31.5 Å². The minimum atomic E-state index is 0.454. The highest BCUT2D eigenvalue weighted by molar-refractivity contribution is 6.01. The Labute approximate surface area is 106 Å². The number of anilines is 1. The molecular weight excluding hydrogens is 212 g/mol. The highest BCUT2D eigenvalue weighted by Gasteiger charge is 2.06. The topological polar surface area (TPSA) is 59.1 Å². The van der Waals surface area contributed by atoms with Crippen molar-refractivity contribution in [2.24, 2.45) is 0 Å². The molecule has 17 heavy (non-hydrogen) atoms. The molecule has 0 heterocycles. The minimum Gasteiger partial charge on any atom is -0.496 e. The van der Waals surface area contributed by atoms with Crippen LogP contribution < -0.4 is 10.5 Å². The summed E-state index contributed by atoms with van der Waals surface area (Å²) in [4.78, 5) is 0. The highest BCUT2D eigenvalue weighted by atomic mass is 16.5. The molecule has 3 nitrogen and oxygen atoms in total. The van der Waals surface area contributed by atoms with Crippen molar-refractivity contribution in [1.82, 2.24) is 0 Å². The standard InChI is InChI=1S/C10H14N2O.2C2H6/c1-6-4-9(12)8(7(2)11)5-10(6)13-3;2*1-2/h4-5,11H,12H2,1-3H3;2*1-2H3. The van der Waals surface area contributed by atoms with E-state index in [9.17, 15) is 0 Å². The third-order valence-electron chi connectivity index (χ3n) is 1.97. The first-order valence-corrected chi connectivity index (χ1v) is 6.06. The average molecular weight is 238 g/mol. The number of methoxy groups -OCH3 is 1. The summed E-state index contributed by atoms with van der Waals surface area (Å²) in [6.45, 7) is 11.6. The second-order valence-corrected chi connectivity index (χ2v) is 3.03. The lowest BCUT2D eigenvalue weighted by Gasteiger charge is -2.09. The van der Waals surface area contributed by atoms with Crippen molar-refractivity contribution < 1.29 is 4.74 Å². The third kappa shape index (κ3) is 5.38. The molecule has 0 unspecified atom stereocenters. The zero-order chi connectivity index (χ0) is 14.0. The van der Waals surface area contributed by atoms with Crippen molar-refractivity contribution in [3.63, 3.8) is 0 Å². The van der Waals surface area contributed by atoms with E-state index in [1.165, 1.54) is 0 Å². The van der Waals surface area contributed by atoms with Crippen LogP contribution in [0.4, 0.5) is 5.69 Å². The minimum absolute atomic E-state index is 0.454. The van der Waals surface area contributed by atoms with E-state index in [1.54, 1.807) is 20.1 Å². The molecular formula is C14H26N2O. The van der Waals surface area contributed by atoms with Crippen molar-refractivity contribution >= 4 is 11.4 Å². The van der Waals surface area contributed by atoms with E-state index in [-0.39, 0.29) is 0 Å². The van der Waals surface area contributed by atoms with Crippen LogP contribution in [0.3, 0.4) is 0 Å². The maximum absolute atomic E-state index is 7.48. The molecule has 1 aromatic carbocycles. The van der Waals surface area contributed by atoms with Gasteiger partial charge in [-0.2, -0.15) is 0 Å². The number of nitrogens with one attached hydrogen (secondary N) is 1. The molecule has 0 aliphatic heterocycles. The van der Waals surface area contributed by atoms with E-state index in [0.29, 0.717) is 11.4 Å². The van der Waals surface area contributed by atoms with Crippen LogP contribution in [0.15, 0.2) is 12.1 Å². The van der Waals surface area contributed by atoms with Crippen LogP contribution in [-0.2, 0) is 0 Å².